The lowest BCUT2D eigenvalue weighted by Gasteiger charge is -2.29. The number of ketones is 1. The number of carbonyl (C=O) groups excluding carboxylic acids is 2. The van der Waals surface area contributed by atoms with Crippen LogP contribution < -0.4 is 10.1 Å². The van der Waals surface area contributed by atoms with Crippen LogP contribution in [-0.2, 0) is 25.6 Å². The SMILES string of the molecule is CCCCCCCC(=O)CCCCCC/C=C/[C@H](C(=O)N[C@@H](Cc1ccc(-c2cccc(OC)c2)cc1)C(=O)O)[C@@](C)(O)CC(=O)O. The Morgan fingerprint density at radius 3 is 2.11 bits per heavy atom. The van der Waals surface area contributed by atoms with E-state index in [1.807, 2.05) is 36.4 Å². The van der Waals surface area contributed by atoms with Crippen LogP contribution in [-0.4, -0.2) is 57.7 Å². The second-order valence-corrected chi connectivity index (χ2v) is 12.5. The van der Waals surface area contributed by atoms with Crippen molar-refractivity contribution in [3.63, 3.8) is 0 Å². The molecular formula is C38H53NO8. The molecule has 9 heteroatoms. The third kappa shape index (κ3) is 15.0. The zero-order valence-corrected chi connectivity index (χ0v) is 28.2. The fourth-order valence-corrected chi connectivity index (χ4v) is 5.55. The lowest BCUT2D eigenvalue weighted by atomic mass is 9.84. The highest BCUT2D eigenvalue weighted by Crippen LogP contribution is 2.26. The van der Waals surface area contributed by atoms with E-state index in [1.165, 1.54) is 32.3 Å². The van der Waals surface area contributed by atoms with Crippen molar-refractivity contribution < 1.29 is 39.2 Å². The molecule has 0 bridgehead atoms. The van der Waals surface area contributed by atoms with Crippen LogP contribution in [0.25, 0.3) is 11.1 Å². The number of carboxylic acids is 2. The van der Waals surface area contributed by atoms with Gasteiger partial charge in [-0.05, 0) is 61.4 Å². The molecule has 2 rings (SSSR count). The maximum Gasteiger partial charge on any atom is 0.326 e. The van der Waals surface area contributed by atoms with Crippen molar-refractivity contribution in [2.45, 2.75) is 115 Å². The third-order valence-corrected chi connectivity index (χ3v) is 8.34. The van der Waals surface area contributed by atoms with Crippen LogP contribution >= 0.6 is 0 Å². The van der Waals surface area contributed by atoms with Crippen LogP contribution in [0.5, 0.6) is 5.75 Å². The molecule has 3 atom stereocenters. The maximum absolute atomic E-state index is 13.3. The normalized spacial score (nSPS) is 13.9. The minimum absolute atomic E-state index is 0.00165. The molecule has 0 spiro atoms. The topological polar surface area (TPSA) is 150 Å². The zero-order chi connectivity index (χ0) is 34.7. The molecule has 4 N–H and O–H groups in total. The van der Waals surface area contributed by atoms with E-state index in [-0.39, 0.29) is 6.42 Å². The number of aliphatic carboxylic acids is 2. The maximum atomic E-state index is 13.3. The Kier molecular flexibility index (Phi) is 17.5. The Hall–Kier alpha value is -3.98. The van der Waals surface area contributed by atoms with Gasteiger partial charge in [0.15, 0.2) is 0 Å². The van der Waals surface area contributed by atoms with Gasteiger partial charge in [0.2, 0.25) is 5.91 Å². The standard InChI is InChI=1S/C38H53NO8/c1-4-5-6-9-12-17-31(40)18-13-10-7-8-11-14-20-33(38(2,46)27-35(41)42)36(43)39-34(37(44)45)25-28-21-23-29(24-22-28)30-16-15-19-32(26-30)47-3/h14-16,19-24,26,33-34,46H,4-13,17-18,25,27H2,1-3H3,(H,39,43)(H,41,42)(H,44,45)/b20-14+/t33-,34+,38+/m1/s1. The molecule has 0 saturated carbocycles. The quantitative estimate of drug-likeness (QED) is 0.0691. The smallest absolute Gasteiger partial charge is 0.326 e. The van der Waals surface area contributed by atoms with Crippen LogP contribution in [0, 0.1) is 5.92 Å². The highest BCUT2D eigenvalue weighted by atomic mass is 16.5. The highest BCUT2D eigenvalue weighted by molar-refractivity contribution is 5.87. The second-order valence-electron chi connectivity index (χ2n) is 12.5. The van der Waals surface area contributed by atoms with Crippen molar-refractivity contribution in [3.05, 3.63) is 66.2 Å². The molecule has 0 aliphatic rings. The van der Waals surface area contributed by atoms with Crippen molar-refractivity contribution >= 4 is 23.6 Å². The van der Waals surface area contributed by atoms with Gasteiger partial charge >= 0.3 is 11.9 Å². The third-order valence-electron chi connectivity index (χ3n) is 8.34. The first-order chi connectivity index (χ1) is 22.5. The van der Waals surface area contributed by atoms with Crippen molar-refractivity contribution in [3.8, 4) is 16.9 Å². The molecule has 0 radical (unpaired) electrons. The molecule has 0 heterocycles. The van der Waals surface area contributed by atoms with Crippen LogP contribution in [0.4, 0.5) is 0 Å². The van der Waals surface area contributed by atoms with Crippen molar-refractivity contribution in [2.75, 3.05) is 7.11 Å². The van der Waals surface area contributed by atoms with Gasteiger partial charge in [0.05, 0.1) is 25.0 Å². The predicted octanol–water partition coefficient (Wildman–Crippen LogP) is 7.14. The fraction of sp³-hybridized carbons (Fsp3) is 0.526. The van der Waals surface area contributed by atoms with Gasteiger partial charge in [-0.3, -0.25) is 14.4 Å². The van der Waals surface area contributed by atoms with Crippen LogP contribution in [0.2, 0.25) is 0 Å². The van der Waals surface area contributed by atoms with Gasteiger partial charge in [-0.15, -0.1) is 0 Å². The molecule has 258 valence electrons. The first kappa shape index (κ1) is 39.2. The van der Waals surface area contributed by atoms with E-state index in [0.717, 1.165) is 55.4 Å². The number of allylic oxidation sites excluding steroid dienone is 1. The van der Waals surface area contributed by atoms with Crippen LogP contribution in [0.15, 0.2) is 60.7 Å². The van der Waals surface area contributed by atoms with Crippen molar-refractivity contribution in [1.82, 2.24) is 5.32 Å². The number of amides is 1. The van der Waals surface area contributed by atoms with Gasteiger partial charge in [0.25, 0.3) is 0 Å². The molecule has 1 amide bonds. The molecule has 0 fully saturated rings. The van der Waals surface area contributed by atoms with Crippen molar-refractivity contribution in [2.24, 2.45) is 5.92 Å². The predicted molar refractivity (Wildman–Crippen MR) is 183 cm³/mol. The van der Waals surface area contributed by atoms with E-state index in [2.05, 4.69) is 12.2 Å². The van der Waals surface area contributed by atoms with E-state index in [9.17, 15) is 34.5 Å². The second kappa shape index (κ2) is 21.0. The molecule has 0 aromatic heterocycles. The first-order valence-electron chi connectivity index (χ1n) is 16.9. The number of methoxy groups -OCH3 is 1. The Balaban J connectivity index is 1.94. The number of benzene rings is 2. The first-order valence-corrected chi connectivity index (χ1v) is 16.9. The fourth-order valence-electron chi connectivity index (χ4n) is 5.55. The minimum atomic E-state index is -1.94. The monoisotopic (exact) mass is 651 g/mol. The van der Waals surface area contributed by atoms with Gasteiger partial charge < -0.3 is 25.4 Å². The molecule has 2 aromatic carbocycles. The Morgan fingerprint density at radius 1 is 0.872 bits per heavy atom. The summed E-state index contributed by atoms with van der Waals surface area (Å²) in [5, 5.41) is 32.8. The number of hydrogen-bond acceptors (Lipinski definition) is 6. The minimum Gasteiger partial charge on any atom is -0.497 e. The summed E-state index contributed by atoms with van der Waals surface area (Å²) in [5.41, 5.74) is 0.598. The summed E-state index contributed by atoms with van der Waals surface area (Å²) in [6, 6.07) is 13.6. The summed E-state index contributed by atoms with van der Waals surface area (Å²) < 4.78 is 5.28. The van der Waals surface area contributed by atoms with Crippen LogP contribution in [0.1, 0.15) is 103 Å². The van der Waals surface area contributed by atoms with Crippen molar-refractivity contribution in [1.29, 1.82) is 0 Å². The number of rotatable bonds is 24. The highest BCUT2D eigenvalue weighted by Gasteiger charge is 2.39. The number of carboxylic acid groups (broad SMARTS) is 2. The van der Waals surface area contributed by atoms with E-state index in [0.29, 0.717) is 30.6 Å². The molecule has 9 nitrogen and oxygen atoms in total. The molecule has 47 heavy (non-hydrogen) atoms. The molecule has 0 aliphatic carbocycles. The van der Waals surface area contributed by atoms with Gasteiger partial charge in [-0.2, -0.15) is 0 Å². The lowest BCUT2D eigenvalue weighted by Crippen LogP contribution is -2.50. The summed E-state index contributed by atoms with van der Waals surface area (Å²) in [5.74, 6) is -3.52. The van der Waals surface area contributed by atoms with Gasteiger partial charge in [-0.1, -0.05) is 94.0 Å². The summed E-state index contributed by atoms with van der Waals surface area (Å²) in [6.07, 6.45) is 13.5. The van der Waals surface area contributed by atoms with Gasteiger partial charge in [0, 0.05) is 19.3 Å². The average molecular weight is 652 g/mol. The Morgan fingerprint density at radius 2 is 1.51 bits per heavy atom. The summed E-state index contributed by atoms with van der Waals surface area (Å²) in [4.78, 5) is 49.0. The summed E-state index contributed by atoms with van der Waals surface area (Å²) >= 11 is 0. The number of nitrogens with one attached hydrogen (secondary N) is 1. The van der Waals surface area contributed by atoms with Gasteiger partial charge in [0.1, 0.15) is 17.6 Å². The van der Waals surface area contributed by atoms with E-state index >= 15 is 0 Å². The molecule has 0 aliphatic heterocycles. The number of aliphatic hydroxyl groups is 1. The molecule has 0 unspecified atom stereocenters. The average Bonchev–Trinajstić information content (AvgIpc) is 3.03. The molecule has 0 saturated heterocycles. The largest absolute Gasteiger partial charge is 0.497 e. The van der Waals surface area contributed by atoms with E-state index in [4.69, 9.17) is 4.74 Å². The van der Waals surface area contributed by atoms with Crippen LogP contribution in [0.3, 0.4) is 0 Å². The zero-order valence-electron chi connectivity index (χ0n) is 28.2. The lowest BCUT2D eigenvalue weighted by molar-refractivity contribution is -0.148. The Bertz CT molecular complexity index is 1300. The number of ether oxygens (including phenoxy) is 1. The molecule has 2 aromatic rings. The summed E-state index contributed by atoms with van der Waals surface area (Å²) in [7, 11) is 1.59. The number of unbranched alkanes of at least 4 members (excludes halogenated alkanes) is 8. The number of hydrogen-bond donors (Lipinski definition) is 4. The van der Waals surface area contributed by atoms with E-state index in [1.54, 1.807) is 25.3 Å². The van der Waals surface area contributed by atoms with Gasteiger partial charge in [-0.25, -0.2) is 4.79 Å². The number of carbonyl (C=O) groups is 4. The summed E-state index contributed by atoms with van der Waals surface area (Å²) in [6.45, 7) is 3.44. The Labute approximate surface area is 279 Å². The molecular weight excluding hydrogens is 598 g/mol. The van der Waals surface area contributed by atoms with E-state index < -0.39 is 41.8 Å². The number of Topliss-reactive ketones (excluding diaryl/α,β-unsaturated/α-hetero) is 1.